The van der Waals surface area contributed by atoms with Gasteiger partial charge in [0, 0.05) is 25.0 Å². The van der Waals surface area contributed by atoms with Gasteiger partial charge in [-0.3, -0.25) is 0 Å². The van der Waals surface area contributed by atoms with E-state index in [-0.39, 0.29) is 0 Å². The van der Waals surface area contributed by atoms with Crippen molar-refractivity contribution in [2.75, 3.05) is 7.11 Å². The highest BCUT2D eigenvalue weighted by Gasteiger charge is 2.27. The molecular weight excluding hydrogens is 208 g/mol. The standard InChI is InChI=1S/C11H18N2OS/c1-3-8-7-12-11(15)13(8)9-4-5-10(6-9)14-2/h7,9-10H,3-6H2,1-2H3,(H,12,15). The van der Waals surface area contributed by atoms with Crippen LogP contribution in [0.2, 0.25) is 0 Å². The van der Waals surface area contributed by atoms with Gasteiger partial charge in [-0.1, -0.05) is 6.92 Å². The summed E-state index contributed by atoms with van der Waals surface area (Å²) in [5, 5.41) is 0. The maximum Gasteiger partial charge on any atom is 0.177 e. The number of rotatable bonds is 3. The molecule has 0 radical (unpaired) electrons. The quantitative estimate of drug-likeness (QED) is 0.803. The van der Waals surface area contributed by atoms with Crippen molar-refractivity contribution in [2.24, 2.45) is 0 Å². The number of aryl methyl sites for hydroxylation is 1. The number of imidazole rings is 1. The second kappa shape index (κ2) is 4.49. The summed E-state index contributed by atoms with van der Waals surface area (Å²) in [5.74, 6) is 0. The molecule has 1 aliphatic rings. The van der Waals surface area contributed by atoms with Crippen LogP contribution in [0.25, 0.3) is 0 Å². The molecule has 0 aliphatic heterocycles. The summed E-state index contributed by atoms with van der Waals surface area (Å²) < 4.78 is 8.52. The van der Waals surface area contributed by atoms with Crippen LogP contribution in [-0.4, -0.2) is 22.8 Å². The predicted octanol–water partition coefficient (Wildman–Crippen LogP) is 2.85. The third-order valence-corrected chi connectivity index (χ3v) is 3.62. The van der Waals surface area contributed by atoms with Gasteiger partial charge in [-0.15, -0.1) is 0 Å². The molecule has 0 amide bonds. The van der Waals surface area contributed by atoms with E-state index in [4.69, 9.17) is 17.0 Å². The Morgan fingerprint density at radius 1 is 1.60 bits per heavy atom. The van der Waals surface area contributed by atoms with Gasteiger partial charge in [0.15, 0.2) is 4.77 Å². The Hall–Kier alpha value is -0.610. The number of nitrogens with zero attached hydrogens (tertiary/aromatic N) is 1. The highest BCUT2D eigenvalue weighted by Crippen LogP contribution is 2.32. The largest absolute Gasteiger partial charge is 0.381 e. The number of hydrogen-bond donors (Lipinski definition) is 1. The molecule has 1 heterocycles. The number of hydrogen-bond acceptors (Lipinski definition) is 2. The Bertz CT molecular complexity index is 382. The minimum Gasteiger partial charge on any atom is -0.381 e. The second-order valence-corrected chi connectivity index (χ2v) is 4.52. The lowest BCUT2D eigenvalue weighted by Crippen LogP contribution is -2.11. The molecule has 2 unspecified atom stereocenters. The van der Waals surface area contributed by atoms with Crippen molar-refractivity contribution in [2.45, 2.75) is 44.8 Å². The molecule has 3 nitrogen and oxygen atoms in total. The molecule has 1 N–H and O–H groups in total. The van der Waals surface area contributed by atoms with Gasteiger partial charge in [0.2, 0.25) is 0 Å². The van der Waals surface area contributed by atoms with Gasteiger partial charge in [0.25, 0.3) is 0 Å². The van der Waals surface area contributed by atoms with Crippen molar-refractivity contribution in [3.63, 3.8) is 0 Å². The van der Waals surface area contributed by atoms with Gasteiger partial charge in [0.1, 0.15) is 0 Å². The number of methoxy groups -OCH3 is 1. The van der Waals surface area contributed by atoms with Crippen LogP contribution in [0, 0.1) is 4.77 Å². The SMILES string of the molecule is CCc1c[nH]c(=S)n1C1CCC(OC)C1. The zero-order valence-corrected chi connectivity index (χ0v) is 10.1. The van der Waals surface area contributed by atoms with Crippen LogP contribution >= 0.6 is 12.2 Å². The third kappa shape index (κ3) is 2.01. The summed E-state index contributed by atoms with van der Waals surface area (Å²) in [6.07, 6.45) is 6.89. The maximum absolute atomic E-state index is 5.40. The van der Waals surface area contributed by atoms with Crippen LogP contribution < -0.4 is 0 Å². The highest BCUT2D eigenvalue weighted by atomic mass is 32.1. The molecule has 0 aromatic carbocycles. The molecule has 1 aliphatic carbocycles. The molecule has 0 bridgehead atoms. The molecule has 2 atom stereocenters. The van der Waals surface area contributed by atoms with Gasteiger partial charge in [0.05, 0.1) is 6.10 Å². The Kier molecular flexibility index (Phi) is 3.26. The Morgan fingerprint density at radius 3 is 3.00 bits per heavy atom. The van der Waals surface area contributed by atoms with Gasteiger partial charge >= 0.3 is 0 Å². The Balaban J connectivity index is 2.22. The van der Waals surface area contributed by atoms with E-state index >= 15 is 0 Å². The molecule has 4 heteroatoms. The number of aromatic nitrogens is 2. The van der Waals surface area contributed by atoms with E-state index in [9.17, 15) is 0 Å². The summed E-state index contributed by atoms with van der Waals surface area (Å²) >= 11 is 5.32. The van der Waals surface area contributed by atoms with Crippen molar-refractivity contribution in [1.29, 1.82) is 0 Å². The van der Waals surface area contributed by atoms with Crippen molar-refractivity contribution < 1.29 is 4.74 Å². The zero-order valence-electron chi connectivity index (χ0n) is 9.32. The number of nitrogens with one attached hydrogen (secondary N) is 1. The van der Waals surface area contributed by atoms with E-state index in [1.54, 1.807) is 7.11 Å². The molecule has 1 fully saturated rings. The molecule has 0 saturated heterocycles. The van der Waals surface area contributed by atoms with Crippen molar-refractivity contribution in [3.05, 3.63) is 16.7 Å². The van der Waals surface area contributed by atoms with E-state index in [0.717, 1.165) is 24.0 Å². The normalized spacial score (nSPS) is 26.0. The lowest BCUT2D eigenvalue weighted by molar-refractivity contribution is 0.105. The van der Waals surface area contributed by atoms with E-state index in [0.29, 0.717) is 12.1 Å². The van der Waals surface area contributed by atoms with E-state index < -0.39 is 0 Å². The monoisotopic (exact) mass is 226 g/mol. The second-order valence-electron chi connectivity index (χ2n) is 4.13. The highest BCUT2D eigenvalue weighted by molar-refractivity contribution is 7.71. The summed E-state index contributed by atoms with van der Waals surface area (Å²) in [4.78, 5) is 3.13. The molecule has 1 aromatic heterocycles. The molecule has 84 valence electrons. The van der Waals surface area contributed by atoms with Crippen LogP contribution in [0.4, 0.5) is 0 Å². The van der Waals surface area contributed by atoms with Crippen LogP contribution in [0.3, 0.4) is 0 Å². The Labute approximate surface area is 95.5 Å². The van der Waals surface area contributed by atoms with E-state index in [1.807, 2.05) is 6.20 Å². The molecule has 1 aromatic rings. The van der Waals surface area contributed by atoms with Crippen molar-refractivity contribution in [1.82, 2.24) is 9.55 Å². The number of aromatic amines is 1. The van der Waals surface area contributed by atoms with Gasteiger partial charge < -0.3 is 14.3 Å². The summed E-state index contributed by atoms with van der Waals surface area (Å²) in [5.41, 5.74) is 1.31. The smallest absolute Gasteiger partial charge is 0.177 e. The fourth-order valence-electron chi connectivity index (χ4n) is 2.45. The molecular formula is C11H18N2OS. The molecule has 2 rings (SSSR count). The number of H-pyrrole nitrogens is 1. The lowest BCUT2D eigenvalue weighted by atomic mass is 10.2. The number of ether oxygens (including phenoxy) is 1. The first-order chi connectivity index (χ1) is 7.26. The van der Waals surface area contributed by atoms with Gasteiger partial charge in [-0.05, 0) is 37.9 Å². The minimum absolute atomic E-state index is 0.413. The van der Waals surface area contributed by atoms with Crippen LogP contribution in [0.15, 0.2) is 6.20 Å². The average Bonchev–Trinajstić information content (AvgIpc) is 2.83. The van der Waals surface area contributed by atoms with Crippen molar-refractivity contribution >= 4 is 12.2 Å². The van der Waals surface area contributed by atoms with Crippen LogP contribution in [0.5, 0.6) is 0 Å². The first-order valence-electron chi connectivity index (χ1n) is 5.57. The molecule has 0 spiro atoms. The minimum atomic E-state index is 0.413. The summed E-state index contributed by atoms with van der Waals surface area (Å²) in [6, 6.07) is 0.531. The first-order valence-corrected chi connectivity index (χ1v) is 5.98. The van der Waals surface area contributed by atoms with E-state index in [1.165, 1.54) is 12.1 Å². The average molecular weight is 226 g/mol. The third-order valence-electron chi connectivity index (χ3n) is 3.31. The fourth-order valence-corrected chi connectivity index (χ4v) is 2.78. The molecule has 1 saturated carbocycles. The van der Waals surface area contributed by atoms with Crippen LogP contribution in [-0.2, 0) is 11.2 Å². The topological polar surface area (TPSA) is 29.9 Å². The zero-order chi connectivity index (χ0) is 10.8. The van der Waals surface area contributed by atoms with E-state index in [2.05, 4.69) is 16.5 Å². The molecule has 15 heavy (non-hydrogen) atoms. The lowest BCUT2D eigenvalue weighted by Gasteiger charge is -2.15. The summed E-state index contributed by atoms with van der Waals surface area (Å²) in [7, 11) is 1.80. The predicted molar refractivity (Wildman–Crippen MR) is 62.7 cm³/mol. The van der Waals surface area contributed by atoms with Crippen molar-refractivity contribution in [3.8, 4) is 0 Å². The van der Waals surface area contributed by atoms with Crippen LogP contribution in [0.1, 0.15) is 37.9 Å². The maximum atomic E-state index is 5.40. The fraction of sp³-hybridized carbons (Fsp3) is 0.727. The summed E-state index contributed by atoms with van der Waals surface area (Å²) in [6.45, 7) is 2.16. The first kappa shape index (κ1) is 10.9. The Morgan fingerprint density at radius 2 is 2.40 bits per heavy atom. The van der Waals surface area contributed by atoms with Gasteiger partial charge in [-0.2, -0.15) is 0 Å². The van der Waals surface area contributed by atoms with Gasteiger partial charge in [-0.25, -0.2) is 0 Å².